The van der Waals surface area contributed by atoms with Gasteiger partial charge in [0.25, 0.3) is 0 Å². The van der Waals surface area contributed by atoms with Crippen LogP contribution in [-0.4, -0.2) is 4.21 Å². The van der Waals surface area contributed by atoms with Gasteiger partial charge in [-0.25, -0.2) is 0 Å². The number of halogens is 2. The zero-order chi connectivity index (χ0) is 13.8. The van der Waals surface area contributed by atoms with Crippen LogP contribution in [0.4, 0.5) is 0 Å². The minimum Gasteiger partial charge on any atom is -0.326 e. The topological polar surface area (TPSA) is 43.1 Å². The van der Waals surface area contributed by atoms with Crippen molar-refractivity contribution in [2.45, 2.75) is 17.2 Å². The van der Waals surface area contributed by atoms with Gasteiger partial charge in [0, 0.05) is 21.5 Å². The standard InChI is InChI=1S/C14H13Cl2NOS/c15-12-3-5-13(6-4-12)19(18)9-11-2-1-10(8-17)7-14(11)16/h1-7H,8-9,17H2. The van der Waals surface area contributed by atoms with Gasteiger partial charge in [-0.15, -0.1) is 0 Å². The van der Waals surface area contributed by atoms with E-state index in [0.29, 0.717) is 22.3 Å². The molecule has 2 aromatic carbocycles. The van der Waals surface area contributed by atoms with Crippen LogP contribution in [0.15, 0.2) is 47.4 Å². The first kappa shape index (κ1) is 14.5. The largest absolute Gasteiger partial charge is 0.326 e. The molecule has 1 unspecified atom stereocenters. The summed E-state index contributed by atoms with van der Waals surface area (Å²) in [7, 11) is -1.14. The highest BCUT2D eigenvalue weighted by molar-refractivity contribution is 7.84. The molecule has 0 saturated carbocycles. The van der Waals surface area contributed by atoms with Crippen molar-refractivity contribution in [1.29, 1.82) is 0 Å². The maximum absolute atomic E-state index is 12.2. The molecule has 0 heterocycles. The highest BCUT2D eigenvalue weighted by atomic mass is 35.5. The third-order valence-corrected chi connectivity index (χ3v) is 4.69. The van der Waals surface area contributed by atoms with Gasteiger partial charge < -0.3 is 5.73 Å². The number of rotatable bonds is 4. The molecular weight excluding hydrogens is 301 g/mol. The lowest BCUT2D eigenvalue weighted by Crippen LogP contribution is -2.00. The molecule has 0 spiro atoms. The smallest absolute Gasteiger partial charge is 0.0574 e. The van der Waals surface area contributed by atoms with E-state index < -0.39 is 10.8 Å². The highest BCUT2D eigenvalue weighted by Crippen LogP contribution is 2.22. The highest BCUT2D eigenvalue weighted by Gasteiger charge is 2.08. The fourth-order valence-electron chi connectivity index (χ4n) is 1.65. The van der Waals surface area contributed by atoms with Crippen molar-refractivity contribution in [3.63, 3.8) is 0 Å². The summed E-state index contributed by atoms with van der Waals surface area (Å²) in [5.41, 5.74) is 7.36. The summed E-state index contributed by atoms with van der Waals surface area (Å²) in [5.74, 6) is 0.380. The zero-order valence-electron chi connectivity index (χ0n) is 10.1. The summed E-state index contributed by atoms with van der Waals surface area (Å²) in [4.78, 5) is 0.739. The third kappa shape index (κ3) is 3.80. The van der Waals surface area contributed by atoms with Crippen molar-refractivity contribution in [1.82, 2.24) is 0 Å². The molecule has 100 valence electrons. The predicted molar refractivity (Wildman–Crippen MR) is 80.9 cm³/mol. The van der Waals surface area contributed by atoms with E-state index in [1.807, 2.05) is 18.2 Å². The van der Waals surface area contributed by atoms with Gasteiger partial charge in [-0.3, -0.25) is 4.21 Å². The molecule has 0 amide bonds. The van der Waals surface area contributed by atoms with E-state index in [0.717, 1.165) is 16.0 Å². The van der Waals surface area contributed by atoms with Crippen LogP contribution in [0.3, 0.4) is 0 Å². The van der Waals surface area contributed by atoms with Crippen LogP contribution in [0.1, 0.15) is 11.1 Å². The maximum atomic E-state index is 12.2. The van der Waals surface area contributed by atoms with Crippen LogP contribution in [0, 0.1) is 0 Å². The molecule has 0 aliphatic rings. The van der Waals surface area contributed by atoms with E-state index >= 15 is 0 Å². The lowest BCUT2D eigenvalue weighted by atomic mass is 10.1. The van der Waals surface area contributed by atoms with Gasteiger partial charge in [-0.2, -0.15) is 0 Å². The quantitative estimate of drug-likeness (QED) is 0.934. The normalized spacial score (nSPS) is 12.4. The number of hydrogen-bond acceptors (Lipinski definition) is 2. The summed E-state index contributed by atoms with van der Waals surface area (Å²) >= 11 is 12.0. The van der Waals surface area contributed by atoms with Crippen LogP contribution in [-0.2, 0) is 23.1 Å². The molecule has 0 radical (unpaired) electrons. The molecule has 0 aliphatic heterocycles. The molecule has 1 atom stereocenters. The van der Waals surface area contributed by atoms with Crippen molar-refractivity contribution in [3.05, 3.63) is 63.6 Å². The first-order valence-corrected chi connectivity index (χ1v) is 7.79. The van der Waals surface area contributed by atoms with Crippen LogP contribution in [0.2, 0.25) is 10.0 Å². The summed E-state index contributed by atoms with van der Waals surface area (Å²) in [6.07, 6.45) is 0. The van der Waals surface area contributed by atoms with Gasteiger partial charge in [-0.1, -0.05) is 35.3 Å². The number of benzene rings is 2. The SMILES string of the molecule is NCc1ccc(CS(=O)c2ccc(Cl)cc2)c(Cl)c1. The minimum atomic E-state index is -1.14. The zero-order valence-corrected chi connectivity index (χ0v) is 12.4. The summed E-state index contributed by atoms with van der Waals surface area (Å²) in [6.45, 7) is 0.445. The van der Waals surface area contributed by atoms with Crippen LogP contribution in [0.25, 0.3) is 0 Å². The Morgan fingerprint density at radius 1 is 1.05 bits per heavy atom. The van der Waals surface area contributed by atoms with Crippen molar-refractivity contribution in [2.24, 2.45) is 5.73 Å². The Balaban J connectivity index is 2.17. The van der Waals surface area contributed by atoms with E-state index in [4.69, 9.17) is 28.9 Å². The fourth-order valence-corrected chi connectivity index (χ4v) is 3.26. The fraction of sp³-hybridized carbons (Fsp3) is 0.143. The molecular formula is C14H13Cl2NOS. The molecule has 19 heavy (non-hydrogen) atoms. The van der Waals surface area contributed by atoms with Gasteiger partial charge in [0.15, 0.2) is 0 Å². The summed E-state index contributed by atoms with van der Waals surface area (Å²) in [5, 5.41) is 1.23. The van der Waals surface area contributed by atoms with Crippen molar-refractivity contribution in [2.75, 3.05) is 0 Å². The molecule has 5 heteroatoms. The molecule has 0 bridgehead atoms. The lowest BCUT2D eigenvalue weighted by Gasteiger charge is -2.06. The second-order valence-corrected chi connectivity index (χ2v) is 6.37. The van der Waals surface area contributed by atoms with Crippen molar-refractivity contribution < 1.29 is 4.21 Å². The second kappa shape index (κ2) is 6.53. The second-order valence-electron chi connectivity index (χ2n) is 4.07. The third-order valence-electron chi connectivity index (χ3n) is 2.72. The molecule has 0 aliphatic carbocycles. The first-order chi connectivity index (χ1) is 9.10. The van der Waals surface area contributed by atoms with Gasteiger partial charge in [-0.05, 0) is 41.5 Å². The maximum Gasteiger partial charge on any atom is 0.0574 e. The average molecular weight is 314 g/mol. The van der Waals surface area contributed by atoms with Crippen LogP contribution >= 0.6 is 23.2 Å². The molecule has 2 nitrogen and oxygen atoms in total. The van der Waals surface area contributed by atoms with Crippen LogP contribution < -0.4 is 5.73 Å². The van der Waals surface area contributed by atoms with E-state index in [1.165, 1.54) is 0 Å². The number of nitrogens with two attached hydrogens (primary N) is 1. The Morgan fingerprint density at radius 3 is 2.32 bits per heavy atom. The summed E-state index contributed by atoms with van der Waals surface area (Å²) in [6, 6.07) is 12.6. The minimum absolute atomic E-state index is 0.380. The molecule has 0 saturated heterocycles. The monoisotopic (exact) mass is 313 g/mol. The van der Waals surface area contributed by atoms with E-state index in [-0.39, 0.29) is 0 Å². The van der Waals surface area contributed by atoms with Gasteiger partial charge in [0.2, 0.25) is 0 Å². The molecule has 0 fully saturated rings. The molecule has 0 aromatic heterocycles. The Labute approximate surface area is 125 Å². The Hall–Kier alpha value is -0.870. The molecule has 2 rings (SSSR count). The lowest BCUT2D eigenvalue weighted by molar-refractivity contribution is 0.682. The van der Waals surface area contributed by atoms with E-state index in [2.05, 4.69) is 0 Å². The van der Waals surface area contributed by atoms with Crippen LogP contribution in [0.5, 0.6) is 0 Å². The van der Waals surface area contributed by atoms with Crippen molar-refractivity contribution in [3.8, 4) is 0 Å². The average Bonchev–Trinajstić information content (AvgIpc) is 2.41. The molecule has 2 N–H and O–H groups in total. The van der Waals surface area contributed by atoms with E-state index in [1.54, 1.807) is 24.3 Å². The predicted octanol–water partition coefficient (Wildman–Crippen LogP) is 3.76. The Morgan fingerprint density at radius 2 is 1.74 bits per heavy atom. The van der Waals surface area contributed by atoms with Gasteiger partial charge in [0.05, 0.1) is 16.6 Å². The van der Waals surface area contributed by atoms with E-state index in [9.17, 15) is 4.21 Å². The Kier molecular flexibility index (Phi) is 4.99. The first-order valence-electron chi connectivity index (χ1n) is 5.71. The van der Waals surface area contributed by atoms with Gasteiger partial charge in [0.1, 0.15) is 0 Å². The number of hydrogen-bond donors (Lipinski definition) is 1. The molecule has 2 aromatic rings. The van der Waals surface area contributed by atoms with Crippen molar-refractivity contribution >= 4 is 34.0 Å². The summed E-state index contributed by atoms with van der Waals surface area (Å²) < 4.78 is 12.2. The van der Waals surface area contributed by atoms with Gasteiger partial charge >= 0.3 is 0 Å². The Bertz CT molecular complexity index is 599.